The molecular formula is C6H12N2O6S2. The van der Waals surface area contributed by atoms with Crippen molar-refractivity contribution in [1.82, 2.24) is 0 Å². The molecular weight excluding hydrogens is 260 g/mol. The number of rotatable bonds is 4. The maximum Gasteiger partial charge on any atom is 0.325 e. The van der Waals surface area contributed by atoms with E-state index in [0.29, 0.717) is 0 Å². The molecule has 0 spiro atoms. The molecule has 0 aliphatic rings. The summed E-state index contributed by atoms with van der Waals surface area (Å²) in [7, 11) is -6.43. The molecule has 0 saturated heterocycles. The Morgan fingerprint density at radius 3 is 1.88 bits per heavy atom. The van der Waals surface area contributed by atoms with Crippen molar-refractivity contribution in [2.24, 2.45) is 10.3 Å². The average Bonchev–Trinajstić information content (AvgIpc) is 1.99. The summed E-state index contributed by atoms with van der Waals surface area (Å²) in [6.45, 7) is 1.29. The molecule has 0 fully saturated rings. The minimum Gasteiger partial charge on any atom is -0.399 e. The summed E-state index contributed by atoms with van der Waals surface area (Å²) in [5.41, 5.74) is -0.117. The van der Waals surface area contributed by atoms with Gasteiger partial charge < -0.3 is 4.84 Å². The van der Waals surface area contributed by atoms with Crippen LogP contribution < -0.4 is 0 Å². The monoisotopic (exact) mass is 272 g/mol. The van der Waals surface area contributed by atoms with E-state index in [1.54, 1.807) is 0 Å². The van der Waals surface area contributed by atoms with Gasteiger partial charge in [0.1, 0.15) is 12.8 Å². The highest BCUT2D eigenvalue weighted by molar-refractivity contribution is 8.07. The Morgan fingerprint density at radius 1 is 1.06 bits per heavy atom. The van der Waals surface area contributed by atoms with Crippen LogP contribution in [0.5, 0.6) is 0 Å². The molecule has 0 radical (unpaired) electrons. The molecule has 0 N–H and O–H groups in total. The quantitative estimate of drug-likeness (QED) is 0.381. The third-order valence-electron chi connectivity index (χ3n) is 1.14. The van der Waals surface area contributed by atoms with Gasteiger partial charge in [-0.15, -0.1) is 0 Å². The van der Waals surface area contributed by atoms with Crippen LogP contribution in [0.25, 0.3) is 0 Å². The summed E-state index contributed by atoms with van der Waals surface area (Å²) in [5.74, 6) is 0. The number of hydrogen-bond acceptors (Lipinski definition) is 8. The van der Waals surface area contributed by atoms with Crippen molar-refractivity contribution in [3.8, 4) is 0 Å². The molecule has 0 aromatic heterocycles. The molecule has 0 bridgehead atoms. The Balaban J connectivity index is 5.38. The largest absolute Gasteiger partial charge is 0.399 e. The van der Waals surface area contributed by atoms with Crippen LogP contribution in [-0.4, -0.2) is 47.2 Å². The number of oxime groups is 2. The van der Waals surface area contributed by atoms with Crippen LogP contribution >= 0.6 is 0 Å². The lowest BCUT2D eigenvalue weighted by Gasteiger charge is -2.02. The van der Waals surface area contributed by atoms with Gasteiger partial charge in [-0.3, -0.25) is 4.28 Å². The van der Waals surface area contributed by atoms with E-state index in [0.717, 1.165) is 12.5 Å². The molecule has 0 rings (SSSR count). The molecule has 94 valence electrons. The van der Waals surface area contributed by atoms with Crippen LogP contribution in [0.3, 0.4) is 0 Å². The van der Waals surface area contributed by atoms with Crippen molar-refractivity contribution in [3.63, 3.8) is 0 Å². The van der Waals surface area contributed by atoms with Crippen molar-refractivity contribution in [3.05, 3.63) is 0 Å². The van der Waals surface area contributed by atoms with E-state index >= 15 is 0 Å². The SMILES string of the molecule is CON=C(C)C(=NOS(C)(=O)=O)S(C)(=O)=O. The Hall–Kier alpha value is -1.16. The molecule has 0 atom stereocenters. The van der Waals surface area contributed by atoms with Gasteiger partial charge in [0.15, 0.2) is 9.84 Å². The van der Waals surface area contributed by atoms with Gasteiger partial charge in [-0.1, -0.05) is 10.3 Å². The number of nitrogens with zero attached hydrogens (tertiary/aromatic N) is 2. The molecule has 0 amide bonds. The van der Waals surface area contributed by atoms with Gasteiger partial charge in [0, 0.05) is 6.26 Å². The van der Waals surface area contributed by atoms with Gasteiger partial charge >= 0.3 is 10.1 Å². The second-order valence-corrected chi connectivity index (χ2v) is 6.29. The minimum absolute atomic E-state index is 0.117. The molecule has 0 aliphatic carbocycles. The fourth-order valence-electron chi connectivity index (χ4n) is 0.680. The average molecular weight is 272 g/mol. The third kappa shape index (κ3) is 5.66. The van der Waals surface area contributed by atoms with Crippen molar-refractivity contribution in [1.29, 1.82) is 0 Å². The lowest BCUT2D eigenvalue weighted by atomic mass is 10.5. The Bertz CT molecular complexity index is 501. The zero-order chi connectivity index (χ0) is 13.0. The van der Waals surface area contributed by atoms with E-state index < -0.39 is 25.0 Å². The summed E-state index contributed by atoms with van der Waals surface area (Å²) in [6.07, 6.45) is 1.57. The first-order valence-electron chi connectivity index (χ1n) is 3.82. The predicted molar refractivity (Wildman–Crippen MR) is 58.3 cm³/mol. The molecule has 10 heteroatoms. The minimum atomic E-state index is -3.88. The number of hydrogen-bond donors (Lipinski definition) is 0. The van der Waals surface area contributed by atoms with Crippen LogP contribution in [0.15, 0.2) is 10.3 Å². The van der Waals surface area contributed by atoms with Crippen LogP contribution in [0.2, 0.25) is 0 Å². The summed E-state index contributed by atoms with van der Waals surface area (Å²) in [6, 6.07) is 0. The summed E-state index contributed by atoms with van der Waals surface area (Å²) < 4.78 is 47.8. The van der Waals surface area contributed by atoms with E-state index in [1.165, 1.54) is 14.0 Å². The summed E-state index contributed by atoms with van der Waals surface area (Å²) >= 11 is 0. The molecule has 8 nitrogen and oxygen atoms in total. The van der Waals surface area contributed by atoms with Gasteiger partial charge in [0.05, 0.1) is 6.26 Å². The molecule has 0 aliphatic heterocycles. The lowest BCUT2D eigenvalue weighted by molar-refractivity contribution is 0.214. The first-order valence-corrected chi connectivity index (χ1v) is 7.53. The van der Waals surface area contributed by atoms with Gasteiger partial charge in [-0.2, -0.15) is 8.42 Å². The zero-order valence-electron chi connectivity index (χ0n) is 9.16. The lowest BCUT2D eigenvalue weighted by Crippen LogP contribution is -2.22. The summed E-state index contributed by atoms with van der Waals surface area (Å²) in [4.78, 5) is 4.35. The van der Waals surface area contributed by atoms with Crippen molar-refractivity contribution >= 4 is 30.7 Å². The van der Waals surface area contributed by atoms with E-state index in [-0.39, 0.29) is 5.71 Å². The normalized spacial score (nSPS) is 14.8. The maximum atomic E-state index is 11.2. The highest BCUT2D eigenvalue weighted by Gasteiger charge is 2.20. The molecule has 0 aromatic carbocycles. The smallest absolute Gasteiger partial charge is 0.325 e. The van der Waals surface area contributed by atoms with Crippen molar-refractivity contribution < 1.29 is 26.0 Å². The zero-order valence-corrected chi connectivity index (χ0v) is 10.8. The van der Waals surface area contributed by atoms with Crippen LogP contribution in [0.1, 0.15) is 6.92 Å². The van der Waals surface area contributed by atoms with Crippen LogP contribution in [0.4, 0.5) is 0 Å². The Morgan fingerprint density at radius 2 is 1.56 bits per heavy atom. The Kier molecular flexibility index (Phi) is 4.87. The molecule has 16 heavy (non-hydrogen) atoms. The topological polar surface area (TPSA) is 111 Å². The fourth-order valence-corrected chi connectivity index (χ4v) is 1.68. The molecule has 0 unspecified atom stereocenters. The van der Waals surface area contributed by atoms with Gasteiger partial charge in [-0.05, 0) is 6.92 Å². The summed E-state index contributed by atoms with van der Waals surface area (Å²) in [5, 5.41) is 5.73. The van der Waals surface area contributed by atoms with E-state index in [4.69, 9.17) is 0 Å². The predicted octanol–water partition coefficient (Wildman–Crippen LogP) is -0.657. The van der Waals surface area contributed by atoms with Crippen molar-refractivity contribution in [2.75, 3.05) is 19.6 Å². The van der Waals surface area contributed by atoms with Gasteiger partial charge in [-0.25, -0.2) is 8.42 Å². The van der Waals surface area contributed by atoms with Crippen LogP contribution in [-0.2, 0) is 29.1 Å². The van der Waals surface area contributed by atoms with Gasteiger partial charge in [0.2, 0.25) is 5.04 Å². The van der Waals surface area contributed by atoms with E-state index in [2.05, 4.69) is 19.4 Å². The first kappa shape index (κ1) is 14.8. The maximum absolute atomic E-state index is 11.2. The Labute approximate surface area is 93.9 Å². The second-order valence-electron chi connectivity index (χ2n) is 2.81. The molecule has 0 aromatic rings. The molecule has 0 saturated carbocycles. The third-order valence-corrected chi connectivity index (χ3v) is 2.56. The van der Waals surface area contributed by atoms with E-state index in [9.17, 15) is 16.8 Å². The highest BCUT2D eigenvalue weighted by Crippen LogP contribution is 1.99. The standard InChI is InChI=1S/C6H12N2O6S2/c1-5(7-13-2)6(15(3,9)10)8-14-16(4,11)12/h1-4H3. The van der Waals surface area contributed by atoms with Crippen LogP contribution in [0, 0.1) is 0 Å². The first-order chi connectivity index (χ1) is 7.08. The number of sulfone groups is 1. The second kappa shape index (κ2) is 5.25. The van der Waals surface area contributed by atoms with Gasteiger partial charge in [0.25, 0.3) is 0 Å². The molecule has 0 heterocycles. The highest BCUT2D eigenvalue weighted by atomic mass is 32.2. The van der Waals surface area contributed by atoms with E-state index in [1.807, 2.05) is 0 Å². The fraction of sp³-hybridized carbons (Fsp3) is 0.667. The van der Waals surface area contributed by atoms with Crippen molar-refractivity contribution in [2.45, 2.75) is 6.92 Å².